The van der Waals surface area contributed by atoms with Crippen LogP contribution in [0.2, 0.25) is 0 Å². The minimum Gasteiger partial charge on any atom is -0.342 e. The van der Waals surface area contributed by atoms with Gasteiger partial charge in [0.25, 0.3) is 5.56 Å². The zero-order valence-electron chi connectivity index (χ0n) is 13.8. The van der Waals surface area contributed by atoms with Gasteiger partial charge in [0.15, 0.2) is 0 Å². The fourth-order valence-corrected chi connectivity index (χ4v) is 3.41. The molecule has 1 saturated heterocycles. The standard InChI is InChI=1S/C16H22N4O3/c1-10-17-14-9-20(8-13(14)16(23)18(10)3)15(22)12-5-4-6-19(7-12)11(2)21/h12H,4-9H2,1-3H3/t12-/m1/s1. The molecule has 7 heteroatoms. The van der Waals surface area contributed by atoms with Crippen LogP contribution in [0.5, 0.6) is 0 Å². The Morgan fingerprint density at radius 2 is 1.96 bits per heavy atom. The number of hydrogen-bond donors (Lipinski definition) is 0. The Labute approximate surface area is 134 Å². The maximum atomic E-state index is 12.8. The van der Waals surface area contributed by atoms with Crippen molar-refractivity contribution in [2.75, 3.05) is 13.1 Å². The minimum atomic E-state index is -0.174. The summed E-state index contributed by atoms with van der Waals surface area (Å²) in [5, 5.41) is 0. The highest BCUT2D eigenvalue weighted by Crippen LogP contribution is 2.24. The normalized spacial score (nSPS) is 20.6. The molecule has 1 aromatic rings. The van der Waals surface area contributed by atoms with Crippen molar-refractivity contribution < 1.29 is 9.59 Å². The second kappa shape index (κ2) is 5.79. The number of hydrogen-bond acceptors (Lipinski definition) is 4. The highest BCUT2D eigenvalue weighted by Gasteiger charge is 2.34. The van der Waals surface area contributed by atoms with Crippen LogP contribution in [0.25, 0.3) is 0 Å². The first kappa shape index (κ1) is 15.7. The van der Waals surface area contributed by atoms with E-state index in [4.69, 9.17) is 0 Å². The summed E-state index contributed by atoms with van der Waals surface area (Å²) in [6, 6.07) is 0. The van der Waals surface area contributed by atoms with Crippen LogP contribution in [0.15, 0.2) is 4.79 Å². The first-order valence-electron chi connectivity index (χ1n) is 7.98. The van der Waals surface area contributed by atoms with Gasteiger partial charge in [0.2, 0.25) is 11.8 Å². The third kappa shape index (κ3) is 2.75. The highest BCUT2D eigenvalue weighted by atomic mass is 16.2. The van der Waals surface area contributed by atoms with Gasteiger partial charge in [-0.3, -0.25) is 19.0 Å². The molecule has 3 rings (SSSR count). The Kier molecular flexibility index (Phi) is 3.95. The van der Waals surface area contributed by atoms with Gasteiger partial charge in [-0.05, 0) is 19.8 Å². The minimum absolute atomic E-state index is 0.0124. The molecule has 7 nitrogen and oxygen atoms in total. The Bertz CT molecular complexity index is 725. The molecule has 124 valence electrons. The van der Waals surface area contributed by atoms with Crippen molar-refractivity contribution >= 4 is 11.8 Å². The van der Waals surface area contributed by atoms with E-state index in [-0.39, 0.29) is 23.3 Å². The number of fused-ring (bicyclic) bond motifs is 1. The van der Waals surface area contributed by atoms with Gasteiger partial charge in [-0.2, -0.15) is 0 Å². The van der Waals surface area contributed by atoms with E-state index < -0.39 is 0 Å². The number of carbonyl (C=O) groups excluding carboxylic acids is 2. The summed E-state index contributed by atoms with van der Waals surface area (Å²) in [6.45, 7) is 5.24. The predicted octanol–water partition coefficient (Wildman–Crippen LogP) is 0.189. The van der Waals surface area contributed by atoms with E-state index in [0.717, 1.165) is 19.4 Å². The average molecular weight is 318 g/mol. The average Bonchev–Trinajstić information content (AvgIpc) is 2.96. The number of rotatable bonds is 1. The molecular weight excluding hydrogens is 296 g/mol. The molecule has 1 fully saturated rings. The van der Waals surface area contributed by atoms with Crippen molar-refractivity contribution in [1.29, 1.82) is 0 Å². The Morgan fingerprint density at radius 3 is 2.65 bits per heavy atom. The van der Waals surface area contributed by atoms with Crippen molar-refractivity contribution in [1.82, 2.24) is 19.4 Å². The SMILES string of the molecule is CC(=O)N1CCC[C@@H](C(=O)N2Cc3nc(C)n(C)c(=O)c3C2)C1. The van der Waals surface area contributed by atoms with Gasteiger partial charge in [-0.1, -0.05) is 0 Å². The smallest absolute Gasteiger partial charge is 0.258 e. The molecule has 0 N–H and O–H groups in total. The summed E-state index contributed by atoms with van der Waals surface area (Å²) in [7, 11) is 1.70. The number of likely N-dealkylation sites (tertiary alicyclic amines) is 1. The molecule has 23 heavy (non-hydrogen) atoms. The largest absolute Gasteiger partial charge is 0.342 e. The van der Waals surface area contributed by atoms with Gasteiger partial charge in [0.05, 0.1) is 30.3 Å². The predicted molar refractivity (Wildman–Crippen MR) is 83.4 cm³/mol. The van der Waals surface area contributed by atoms with Gasteiger partial charge in [-0.15, -0.1) is 0 Å². The summed E-state index contributed by atoms with van der Waals surface area (Å²) >= 11 is 0. The fraction of sp³-hybridized carbons (Fsp3) is 0.625. The topological polar surface area (TPSA) is 75.5 Å². The van der Waals surface area contributed by atoms with E-state index in [9.17, 15) is 14.4 Å². The lowest BCUT2D eigenvalue weighted by molar-refractivity contribution is -0.140. The first-order chi connectivity index (χ1) is 10.9. The lowest BCUT2D eigenvalue weighted by Gasteiger charge is -2.33. The third-order valence-electron chi connectivity index (χ3n) is 4.91. The van der Waals surface area contributed by atoms with E-state index in [0.29, 0.717) is 36.7 Å². The quantitative estimate of drug-likeness (QED) is 0.741. The van der Waals surface area contributed by atoms with Crippen molar-refractivity contribution in [3.05, 3.63) is 27.4 Å². The number of aryl methyl sites for hydroxylation is 1. The molecule has 1 aromatic heterocycles. The summed E-state index contributed by atoms with van der Waals surface area (Å²) in [5.41, 5.74) is 1.25. The molecule has 0 radical (unpaired) electrons. The molecule has 2 amide bonds. The van der Waals surface area contributed by atoms with Crippen LogP contribution < -0.4 is 5.56 Å². The van der Waals surface area contributed by atoms with E-state index in [1.807, 2.05) is 0 Å². The van der Waals surface area contributed by atoms with Crippen molar-refractivity contribution in [2.24, 2.45) is 13.0 Å². The van der Waals surface area contributed by atoms with E-state index in [1.54, 1.807) is 23.8 Å². The monoisotopic (exact) mass is 318 g/mol. The zero-order chi connectivity index (χ0) is 16.7. The molecule has 0 saturated carbocycles. The number of nitrogens with zero attached hydrogens (tertiary/aromatic N) is 4. The molecule has 3 heterocycles. The molecular formula is C16H22N4O3. The van der Waals surface area contributed by atoms with Crippen LogP contribution in [0.4, 0.5) is 0 Å². The maximum absolute atomic E-state index is 12.8. The molecule has 0 spiro atoms. The zero-order valence-corrected chi connectivity index (χ0v) is 13.8. The number of aromatic nitrogens is 2. The second-order valence-corrected chi connectivity index (χ2v) is 6.45. The summed E-state index contributed by atoms with van der Waals surface area (Å²) in [5.74, 6) is 0.516. The third-order valence-corrected chi connectivity index (χ3v) is 4.91. The van der Waals surface area contributed by atoms with Gasteiger partial charge in [0, 0.05) is 27.1 Å². The van der Waals surface area contributed by atoms with Crippen molar-refractivity contribution in [2.45, 2.75) is 39.8 Å². The summed E-state index contributed by atoms with van der Waals surface area (Å²) in [4.78, 5) is 44.5. The molecule has 0 aliphatic carbocycles. The van der Waals surface area contributed by atoms with Crippen LogP contribution in [-0.4, -0.2) is 44.3 Å². The molecule has 2 aliphatic rings. The van der Waals surface area contributed by atoms with Crippen LogP contribution >= 0.6 is 0 Å². The Morgan fingerprint density at radius 1 is 1.22 bits per heavy atom. The molecule has 1 atom stereocenters. The lowest BCUT2D eigenvalue weighted by Crippen LogP contribution is -2.45. The second-order valence-electron chi connectivity index (χ2n) is 6.45. The van der Waals surface area contributed by atoms with Crippen molar-refractivity contribution in [3.63, 3.8) is 0 Å². The van der Waals surface area contributed by atoms with E-state index >= 15 is 0 Å². The molecule has 0 bridgehead atoms. The first-order valence-corrected chi connectivity index (χ1v) is 7.98. The Hall–Kier alpha value is -2.18. The Balaban J connectivity index is 1.77. The molecule has 0 aromatic carbocycles. The van der Waals surface area contributed by atoms with E-state index in [2.05, 4.69) is 4.98 Å². The maximum Gasteiger partial charge on any atom is 0.258 e. The van der Waals surface area contributed by atoms with Gasteiger partial charge >= 0.3 is 0 Å². The lowest BCUT2D eigenvalue weighted by atomic mass is 9.96. The van der Waals surface area contributed by atoms with Crippen molar-refractivity contribution in [3.8, 4) is 0 Å². The van der Waals surface area contributed by atoms with Gasteiger partial charge < -0.3 is 9.80 Å². The summed E-state index contributed by atoms with van der Waals surface area (Å²) < 4.78 is 1.52. The van der Waals surface area contributed by atoms with Crippen LogP contribution in [0, 0.1) is 12.8 Å². The van der Waals surface area contributed by atoms with Crippen LogP contribution in [0.3, 0.4) is 0 Å². The number of carbonyl (C=O) groups is 2. The van der Waals surface area contributed by atoms with Crippen LogP contribution in [0.1, 0.15) is 36.8 Å². The summed E-state index contributed by atoms with van der Waals surface area (Å²) in [6.07, 6.45) is 1.63. The molecule has 2 aliphatic heterocycles. The number of piperidine rings is 1. The van der Waals surface area contributed by atoms with Gasteiger partial charge in [-0.25, -0.2) is 4.98 Å². The molecule has 0 unspecified atom stereocenters. The fourth-order valence-electron chi connectivity index (χ4n) is 3.41. The number of amides is 2. The highest BCUT2D eigenvalue weighted by molar-refractivity contribution is 5.81. The van der Waals surface area contributed by atoms with Gasteiger partial charge in [0.1, 0.15) is 5.82 Å². The van der Waals surface area contributed by atoms with E-state index in [1.165, 1.54) is 11.5 Å². The van der Waals surface area contributed by atoms with Crippen LogP contribution in [-0.2, 0) is 29.7 Å².